The van der Waals surface area contributed by atoms with Gasteiger partial charge in [-0.15, -0.1) is 0 Å². The zero-order valence-electron chi connectivity index (χ0n) is 11.6. The number of aromatic nitrogens is 1. The van der Waals surface area contributed by atoms with Crippen LogP contribution in [0, 0.1) is 0 Å². The lowest BCUT2D eigenvalue weighted by Crippen LogP contribution is -2.58. The molecule has 0 saturated carbocycles. The molecule has 4 nitrogen and oxygen atoms in total. The highest BCUT2D eigenvalue weighted by Crippen LogP contribution is 2.31. The van der Waals surface area contributed by atoms with E-state index in [0.717, 1.165) is 44.2 Å². The van der Waals surface area contributed by atoms with Crippen molar-refractivity contribution in [2.75, 3.05) is 31.1 Å². The van der Waals surface area contributed by atoms with Crippen LogP contribution in [0.3, 0.4) is 0 Å². The van der Waals surface area contributed by atoms with Gasteiger partial charge in [-0.05, 0) is 32.4 Å². The van der Waals surface area contributed by atoms with E-state index in [0.29, 0.717) is 0 Å². The van der Waals surface area contributed by atoms with E-state index in [1.54, 1.807) is 0 Å². The molecule has 4 heteroatoms. The van der Waals surface area contributed by atoms with Crippen molar-refractivity contribution >= 4 is 5.82 Å². The first-order valence-corrected chi connectivity index (χ1v) is 6.71. The average Bonchev–Trinajstić information content (AvgIpc) is 2.36. The predicted octanol–water partition coefficient (Wildman–Crippen LogP) is 2.06. The van der Waals surface area contributed by atoms with E-state index in [4.69, 9.17) is 4.74 Å². The maximum Gasteiger partial charge on any atom is 0.171 e. The number of nitrogens with zero attached hydrogens (tertiary/aromatic N) is 2. The second-order valence-electron chi connectivity index (χ2n) is 5.31. The average molecular weight is 249 g/mol. The molecule has 0 bridgehead atoms. The number of piperazine rings is 1. The van der Waals surface area contributed by atoms with E-state index < -0.39 is 0 Å². The molecule has 1 aromatic rings. The van der Waals surface area contributed by atoms with E-state index in [1.807, 2.05) is 18.3 Å². The van der Waals surface area contributed by atoms with Crippen molar-refractivity contribution in [1.29, 1.82) is 0 Å². The first-order valence-electron chi connectivity index (χ1n) is 6.71. The summed E-state index contributed by atoms with van der Waals surface area (Å²) in [5.41, 5.74) is 0.0664. The summed E-state index contributed by atoms with van der Waals surface area (Å²) in [4.78, 5) is 6.87. The normalized spacial score (nSPS) is 18.7. The zero-order chi connectivity index (χ0) is 13.0. The Morgan fingerprint density at radius 2 is 2.33 bits per heavy atom. The van der Waals surface area contributed by atoms with Crippen LogP contribution in [0.1, 0.15) is 27.2 Å². The first kappa shape index (κ1) is 13.1. The Balaban J connectivity index is 2.25. The van der Waals surface area contributed by atoms with Crippen LogP contribution >= 0.6 is 0 Å². The molecule has 0 atom stereocenters. The summed E-state index contributed by atoms with van der Waals surface area (Å²) in [6.45, 7) is 10.3. The SMILES string of the molecule is CCCOc1cccnc1N1CCNCC1(C)C. The van der Waals surface area contributed by atoms with Crippen molar-refractivity contribution in [2.24, 2.45) is 0 Å². The third kappa shape index (κ3) is 2.75. The molecule has 0 aliphatic carbocycles. The minimum atomic E-state index is 0.0664. The van der Waals surface area contributed by atoms with Crippen molar-refractivity contribution in [2.45, 2.75) is 32.7 Å². The smallest absolute Gasteiger partial charge is 0.171 e. The molecule has 1 saturated heterocycles. The van der Waals surface area contributed by atoms with Crippen molar-refractivity contribution in [1.82, 2.24) is 10.3 Å². The number of nitrogens with one attached hydrogen (secondary N) is 1. The zero-order valence-corrected chi connectivity index (χ0v) is 11.6. The Morgan fingerprint density at radius 3 is 3.06 bits per heavy atom. The minimum absolute atomic E-state index is 0.0664. The predicted molar refractivity (Wildman–Crippen MR) is 74.3 cm³/mol. The maximum absolute atomic E-state index is 5.81. The second kappa shape index (κ2) is 5.57. The third-order valence-corrected chi connectivity index (χ3v) is 3.27. The fraction of sp³-hybridized carbons (Fsp3) is 0.643. The Bertz CT molecular complexity index is 392. The first-order chi connectivity index (χ1) is 8.65. The second-order valence-corrected chi connectivity index (χ2v) is 5.31. The Hall–Kier alpha value is -1.29. The summed E-state index contributed by atoms with van der Waals surface area (Å²) < 4.78 is 5.81. The molecular weight excluding hydrogens is 226 g/mol. The lowest BCUT2D eigenvalue weighted by molar-refractivity contribution is 0.309. The quantitative estimate of drug-likeness (QED) is 0.886. The number of rotatable bonds is 4. The highest BCUT2D eigenvalue weighted by molar-refractivity contribution is 5.54. The molecule has 0 aromatic carbocycles. The van der Waals surface area contributed by atoms with Crippen LogP contribution in [-0.4, -0.2) is 36.8 Å². The van der Waals surface area contributed by atoms with Gasteiger partial charge in [-0.1, -0.05) is 6.92 Å². The molecule has 18 heavy (non-hydrogen) atoms. The summed E-state index contributed by atoms with van der Waals surface area (Å²) in [6, 6.07) is 3.94. The fourth-order valence-corrected chi connectivity index (χ4v) is 2.29. The number of hydrogen-bond acceptors (Lipinski definition) is 4. The summed E-state index contributed by atoms with van der Waals surface area (Å²) in [7, 11) is 0. The number of hydrogen-bond donors (Lipinski definition) is 1. The van der Waals surface area contributed by atoms with Crippen LogP contribution in [0.2, 0.25) is 0 Å². The topological polar surface area (TPSA) is 37.4 Å². The fourth-order valence-electron chi connectivity index (χ4n) is 2.29. The Morgan fingerprint density at radius 1 is 1.50 bits per heavy atom. The van der Waals surface area contributed by atoms with Crippen molar-refractivity contribution in [3.8, 4) is 5.75 Å². The highest BCUT2D eigenvalue weighted by Gasteiger charge is 2.32. The van der Waals surface area contributed by atoms with Crippen LogP contribution in [-0.2, 0) is 0 Å². The van der Waals surface area contributed by atoms with Crippen LogP contribution in [0.25, 0.3) is 0 Å². The van der Waals surface area contributed by atoms with Crippen LogP contribution in [0.4, 0.5) is 5.82 Å². The van der Waals surface area contributed by atoms with E-state index >= 15 is 0 Å². The lowest BCUT2D eigenvalue weighted by atomic mass is 10.00. The number of ether oxygens (including phenoxy) is 1. The van der Waals surface area contributed by atoms with Crippen molar-refractivity contribution < 1.29 is 4.74 Å². The van der Waals surface area contributed by atoms with Gasteiger partial charge in [-0.3, -0.25) is 0 Å². The standard InChI is InChI=1S/C14H23N3O/c1-4-10-18-12-6-5-7-16-13(12)17-9-8-15-11-14(17,2)3/h5-7,15H,4,8-11H2,1-3H3. The van der Waals surface area contributed by atoms with E-state index in [9.17, 15) is 0 Å². The van der Waals surface area contributed by atoms with Crippen molar-refractivity contribution in [3.63, 3.8) is 0 Å². The van der Waals surface area contributed by atoms with Crippen LogP contribution in [0.5, 0.6) is 5.75 Å². The van der Waals surface area contributed by atoms with Crippen LogP contribution < -0.4 is 15.0 Å². The van der Waals surface area contributed by atoms with Crippen LogP contribution in [0.15, 0.2) is 18.3 Å². The molecule has 0 unspecified atom stereocenters. The molecular formula is C14H23N3O. The molecule has 1 aromatic heterocycles. The molecule has 1 aliphatic rings. The van der Waals surface area contributed by atoms with E-state index in [-0.39, 0.29) is 5.54 Å². The summed E-state index contributed by atoms with van der Waals surface area (Å²) in [5, 5.41) is 3.43. The monoisotopic (exact) mass is 249 g/mol. The summed E-state index contributed by atoms with van der Waals surface area (Å²) in [6.07, 6.45) is 2.85. The lowest BCUT2D eigenvalue weighted by Gasteiger charge is -2.44. The van der Waals surface area contributed by atoms with Crippen molar-refractivity contribution in [3.05, 3.63) is 18.3 Å². The van der Waals surface area contributed by atoms with Gasteiger partial charge in [0, 0.05) is 31.4 Å². The number of anilines is 1. The third-order valence-electron chi connectivity index (χ3n) is 3.27. The van der Waals surface area contributed by atoms with Gasteiger partial charge in [0.05, 0.1) is 6.61 Å². The van der Waals surface area contributed by atoms with Gasteiger partial charge in [0.25, 0.3) is 0 Å². The molecule has 0 spiro atoms. The molecule has 2 rings (SSSR count). The Kier molecular flexibility index (Phi) is 4.07. The van der Waals surface area contributed by atoms with E-state index in [2.05, 4.69) is 36.0 Å². The van der Waals surface area contributed by atoms with Gasteiger partial charge >= 0.3 is 0 Å². The van der Waals surface area contributed by atoms with Gasteiger partial charge < -0.3 is 15.0 Å². The Labute approximate surface area is 109 Å². The molecule has 1 aliphatic heterocycles. The minimum Gasteiger partial charge on any atom is -0.490 e. The molecule has 0 radical (unpaired) electrons. The van der Waals surface area contributed by atoms with Gasteiger partial charge in [0.15, 0.2) is 11.6 Å². The molecule has 1 fully saturated rings. The van der Waals surface area contributed by atoms with Gasteiger partial charge in [-0.2, -0.15) is 0 Å². The summed E-state index contributed by atoms with van der Waals surface area (Å²) >= 11 is 0. The molecule has 1 N–H and O–H groups in total. The maximum atomic E-state index is 5.81. The van der Waals surface area contributed by atoms with Gasteiger partial charge in [-0.25, -0.2) is 4.98 Å². The highest BCUT2D eigenvalue weighted by atomic mass is 16.5. The molecule has 0 amide bonds. The summed E-state index contributed by atoms with van der Waals surface area (Å²) in [5.74, 6) is 1.87. The largest absolute Gasteiger partial charge is 0.490 e. The van der Waals surface area contributed by atoms with Gasteiger partial charge in [0.1, 0.15) is 0 Å². The molecule has 100 valence electrons. The number of pyridine rings is 1. The van der Waals surface area contributed by atoms with Gasteiger partial charge in [0.2, 0.25) is 0 Å². The van der Waals surface area contributed by atoms with E-state index in [1.165, 1.54) is 0 Å². The molecule has 2 heterocycles.